The highest BCUT2D eigenvalue weighted by Crippen LogP contribution is 2.15. The molecule has 0 aliphatic heterocycles. The minimum Gasteiger partial charge on any atom is -0.489 e. The van der Waals surface area contributed by atoms with Gasteiger partial charge in [0.25, 0.3) is 5.91 Å². The van der Waals surface area contributed by atoms with Crippen LogP contribution in [-0.4, -0.2) is 12.1 Å². The van der Waals surface area contributed by atoms with Crippen LogP contribution in [0.15, 0.2) is 77.9 Å². The van der Waals surface area contributed by atoms with Crippen LogP contribution in [0.3, 0.4) is 0 Å². The van der Waals surface area contributed by atoms with Crippen molar-refractivity contribution in [3.63, 3.8) is 0 Å². The van der Waals surface area contributed by atoms with E-state index in [1.807, 2.05) is 54.6 Å². The van der Waals surface area contributed by atoms with Crippen LogP contribution in [0.5, 0.6) is 5.75 Å². The number of aryl methyl sites for hydroxylation is 1. The van der Waals surface area contributed by atoms with Gasteiger partial charge in [0.05, 0.1) is 6.21 Å². The largest absolute Gasteiger partial charge is 0.489 e. The maximum absolute atomic E-state index is 12.0. The Morgan fingerprint density at radius 2 is 1.85 bits per heavy atom. The van der Waals surface area contributed by atoms with Gasteiger partial charge in [0.15, 0.2) is 0 Å². The number of rotatable bonds is 6. The average Bonchev–Trinajstić information content (AvgIpc) is 2.68. The number of nitrogens with one attached hydrogen (secondary N) is 1. The lowest BCUT2D eigenvalue weighted by molar-refractivity contribution is 0.0955. The Kier molecular flexibility index (Phi) is 6.59. The van der Waals surface area contributed by atoms with Gasteiger partial charge in [0, 0.05) is 9.13 Å². The molecular weight excluding hydrogens is 451 g/mol. The minimum atomic E-state index is -0.233. The predicted octanol–water partition coefficient (Wildman–Crippen LogP) is 4.94. The molecule has 1 amide bonds. The summed E-state index contributed by atoms with van der Waals surface area (Å²) in [5.41, 5.74) is 6.38. The first kappa shape index (κ1) is 19.1. The molecule has 3 aromatic carbocycles. The van der Waals surface area contributed by atoms with Gasteiger partial charge >= 0.3 is 0 Å². The van der Waals surface area contributed by atoms with Gasteiger partial charge in [-0.2, -0.15) is 5.10 Å². The third kappa shape index (κ3) is 5.65. The van der Waals surface area contributed by atoms with Gasteiger partial charge in [-0.25, -0.2) is 5.43 Å². The fourth-order valence-corrected chi connectivity index (χ4v) is 2.99. The molecule has 0 radical (unpaired) electrons. The Labute approximate surface area is 172 Å². The van der Waals surface area contributed by atoms with Crippen molar-refractivity contribution in [2.75, 3.05) is 0 Å². The highest BCUT2D eigenvalue weighted by atomic mass is 127. The second kappa shape index (κ2) is 9.32. The lowest BCUT2D eigenvalue weighted by Crippen LogP contribution is -2.17. The van der Waals surface area contributed by atoms with Crippen LogP contribution in [0, 0.1) is 10.5 Å². The number of hydrogen-bond donors (Lipinski definition) is 1. The molecule has 0 atom stereocenters. The average molecular weight is 470 g/mol. The number of nitrogens with zero attached hydrogens (tertiary/aromatic N) is 1. The van der Waals surface area contributed by atoms with Gasteiger partial charge in [0.1, 0.15) is 12.4 Å². The highest BCUT2D eigenvalue weighted by molar-refractivity contribution is 14.1. The second-order valence-corrected chi connectivity index (χ2v) is 7.24. The maximum atomic E-state index is 12.0. The molecule has 4 nitrogen and oxygen atoms in total. The van der Waals surface area contributed by atoms with E-state index in [1.165, 1.54) is 11.1 Å². The number of ether oxygens (including phenoxy) is 1. The summed E-state index contributed by atoms with van der Waals surface area (Å²) in [5.74, 6) is 0.557. The monoisotopic (exact) mass is 470 g/mol. The smallest absolute Gasteiger partial charge is 0.271 e. The third-order valence-electron chi connectivity index (χ3n) is 4.00. The number of halogens is 1. The van der Waals surface area contributed by atoms with Crippen LogP contribution < -0.4 is 10.2 Å². The van der Waals surface area contributed by atoms with Crippen molar-refractivity contribution >= 4 is 34.7 Å². The number of hydrazone groups is 1. The van der Waals surface area contributed by atoms with Crippen molar-refractivity contribution in [2.24, 2.45) is 5.10 Å². The van der Waals surface area contributed by atoms with Gasteiger partial charge in [-0.15, -0.1) is 0 Å². The maximum Gasteiger partial charge on any atom is 0.271 e. The lowest BCUT2D eigenvalue weighted by Gasteiger charge is -2.08. The van der Waals surface area contributed by atoms with Crippen molar-refractivity contribution < 1.29 is 9.53 Å². The summed E-state index contributed by atoms with van der Waals surface area (Å²) in [7, 11) is 0. The molecule has 0 unspecified atom stereocenters. The zero-order valence-corrected chi connectivity index (χ0v) is 17.0. The Morgan fingerprint density at radius 1 is 1.07 bits per heavy atom. The van der Waals surface area contributed by atoms with Crippen LogP contribution in [0.25, 0.3) is 0 Å². The van der Waals surface area contributed by atoms with Crippen LogP contribution >= 0.6 is 22.6 Å². The van der Waals surface area contributed by atoms with Crippen LogP contribution in [0.1, 0.15) is 27.0 Å². The fourth-order valence-electron chi connectivity index (χ4n) is 2.44. The third-order valence-corrected chi connectivity index (χ3v) is 4.67. The van der Waals surface area contributed by atoms with Gasteiger partial charge in [0.2, 0.25) is 0 Å². The molecule has 3 aromatic rings. The van der Waals surface area contributed by atoms with E-state index in [9.17, 15) is 4.79 Å². The van der Waals surface area contributed by atoms with Gasteiger partial charge in [-0.3, -0.25) is 4.79 Å². The van der Waals surface area contributed by atoms with E-state index in [4.69, 9.17) is 4.74 Å². The van der Waals surface area contributed by atoms with Crippen molar-refractivity contribution in [1.82, 2.24) is 5.43 Å². The minimum absolute atomic E-state index is 0.233. The Bertz CT molecular complexity index is 953. The molecule has 136 valence electrons. The SMILES string of the molecule is Cc1ccccc1COc1ccc(/C=N\NC(=O)c2cccc(I)c2)cc1. The molecule has 0 heterocycles. The number of amides is 1. The number of carbonyl (C=O) groups is 1. The molecule has 0 saturated carbocycles. The van der Waals surface area contributed by atoms with Crippen LogP contribution in [0.4, 0.5) is 0 Å². The molecule has 3 rings (SSSR count). The summed E-state index contributed by atoms with van der Waals surface area (Å²) in [5, 5.41) is 4.01. The topological polar surface area (TPSA) is 50.7 Å². The Hall–Kier alpha value is -2.67. The molecule has 5 heteroatoms. The molecule has 0 aliphatic rings. The van der Waals surface area contributed by atoms with E-state index in [2.05, 4.69) is 52.2 Å². The summed E-state index contributed by atoms with van der Waals surface area (Å²) < 4.78 is 6.83. The summed E-state index contributed by atoms with van der Waals surface area (Å²) in [6, 6.07) is 23.1. The van der Waals surface area contributed by atoms with Gasteiger partial charge < -0.3 is 4.74 Å². The van der Waals surface area contributed by atoms with Crippen molar-refractivity contribution in [3.8, 4) is 5.75 Å². The van der Waals surface area contributed by atoms with E-state index in [-0.39, 0.29) is 5.91 Å². The lowest BCUT2D eigenvalue weighted by atomic mass is 10.1. The molecule has 1 N–H and O–H groups in total. The number of hydrogen-bond acceptors (Lipinski definition) is 3. The number of benzene rings is 3. The Morgan fingerprint density at radius 3 is 2.59 bits per heavy atom. The standard InChI is InChI=1S/C22H19IN2O2/c1-16-5-2-3-6-19(16)15-27-21-11-9-17(10-12-21)14-24-25-22(26)18-7-4-8-20(23)13-18/h2-14H,15H2,1H3,(H,25,26)/b24-14-. The van der Waals surface area contributed by atoms with Gasteiger partial charge in [-0.05, 0) is 88.7 Å². The molecule has 0 aromatic heterocycles. The van der Waals surface area contributed by atoms with E-state index in [0.29, 0.717) is 12.2 Å². The zero-order valence-electron chi connectivity index (χ0n) is 14.9. The molecule has 27 heavy (non-hydrogen) atoms. The molecule has 0 aliphatic carbocycles. The van der Waals surface area contributed by atoms with Gasteiger partial charge in [-0.1, -0.05) is 30.3 Å². The summed E-state index contributed by atoms with van der Waals surface area (Å²) >= 11 is 2.17. The molecular formula is C22H19IN2O2. The van der Waals surface area contributed by atoms with Crippen molar-refractivity contribution in [1.29, 1.82) is 0 Å². The van der Waals surface area contributed by atoms with Crippen molar-refractivity contribution in [2.45, 2.75) is 13.5 Å². The summed E-state index contributed by atoms with van der Waals surface area (Å²) in [4.78, 5) is 12.0. The molecule has 0 fully saturated rings. The highest BCUT2D eigenvalue weighted by Gasteiger charge is 2.04. The first-order valence-corrected chi connectivity index (χ1v) is 9.56. The zero-order chi connectivity index (χ0) is 19.1. The van der Waals surface area contributed by atoms with E-state index >= 15 is 0 Å². The molecule has 0 bridgehead atoms. The molecule has 0 spiro atoms. The van der Waals surface area contributed by atoms with Crippen LogP contribution in [0.2, 0.25) is 0 Å². The quantitative estimate of drug-likeness (QED) is 0.315. The second-order valence-electron chi connectivity index (χ2n) is 5.99. The van der Waals surface area contributed by atoms with E-state index in [1.54, 1.807) is 12.3 Å². The van der Waals surface area contributed by atoms with E-state index in [0.717, 1.165) is 14.9 Å². The fraction of sp³-hybridized carbons (Fsp3) is 0.0909. The van der Waals surface area contributed by atoms with Crippen molar-refractivity contribution in [3.05, 3.63) is 98.6 Å². The summed E-state index contributed by atoms with van der Waals surface area (Å²) in [6.45, 7) is 2.61. The Balaban J connectivity index is 1.53. The first-order chi connectivity index (χ1) is 13.1. The molecule has 0 saturated heterocycles. The first-order valence-electron chi connectivity index (χ1n) is 8.48. The normalized spacial score (nSPS) is 10.7. The summed E-state index contributed by atoms with van der Waals surface area (Å²) in [6.07, 6.45) is 1.61. The number of carbonyl (C=O) groups excluding carboxylic acids is 1. The van der Waals surface area contributed by atoms with Crippen LogP contribution in [-0.2, 0) is 6.61 Å². The predicted molar refractivity (Wildman–Crippen MR) is 116 cm³/mol. The van der Waals surface area contributed by atoms with E-state index < -0.39 is 0 Å².